The van der Waals surface area contributed by atoms with Crippen molar-refractivity contribution in [1.82, 2.24) is 0 Å². The maximum Gasteiger partial charge on any atom is 0.00373 e. The predicted molar refractivity (Wildman–Crippen MR) is 41.3 cm³/mol. The minimum absolute atomic E-state index is 0.342. The molecule has 0 amide bonds. The van der Waals surface area contributed by atoms with E-state index in [-0.39, 0.29) is 0 Å². The van der Waals surface area contributed by atoms with Crippen LogP contribution in [0.15, 0.2) is 23.8 Å². The summed E-state index contributed by atoms with van der Waals surface area (Å²) in [6.07, 6.45) is 7.90. The highest BCUT2D eigenvalue weighted by atomic mass is 14.3. The van der Waals surface area contributed by atoms with Crippen molar-refractivity contribution in [2.75, 3.05) is 0 Å². The molecule has 0 spiro atoms. The van der Waals surface area contributed by atoms with Crippen molar-refractivity contribution < 1.29 is 0 Å². The average molecular weight is 122 g/mol. The second kappa shape index (κ2) is 2.02. The van der Waals surface area contributed by atoms with E-state index in [0.717, 1.165) is 6.42 Å². The molecular weight excluding hydrogens is 108 g/mol. The summed E-state index contributed by atoms with van der Waals surface area (Å²) < 4.78 is 0. The normalized spacial score (nSPS) is 27.7. The number of hydrogen-bond donors (Lipinski definition) is 0. The Morgan fingerprint density at radius 2 is 2.22 bits per heavy atom. The molecule has 0 radical (unpaired) electrons. The van der Waals surface area contributed by atoms with Gasteiger partial charge in [-0.25, -0.2) is 0 Å². The maximum atomic E-state index is 2.28. The van der Waals surface area contributed by atoms with Crippen LogP contribution in [-0.2, 0) is 0 Å². The van der Waals surface area contributed by atoms with Gasteiger partial charge in [0.15, 0.2) is 0 Å². The Morgan fingerprint density at radius 3 is 2.44 bits per heavy atom. The Balaban J connectivity index is 2.84. The predicted octanol–water partition coefficient (Wildman–Crippen LogP) is 2.92. The summed E-state index contributed by atoms with van der Waals surface area (Å²) in [6.45, 7) is 6.63. The third kappa shape index (κ3) is 1.07. The van der Waals surface area contributed by atoms with E-state index in [1.54, 1.807) is 5.57 Å². The first kappa shape index (κ1) is 6.60. The van der Waals surface area contributed by atoms with Crippen LogP contribution in [0.2, 0.25) is 0 Å². The highest BCUT2D eigenvalue weighted by Gasteiger charge is 2.21. The topological polar surface area (TPSA) is 0 Å². The average Bonchev–Trinajstić information content (AvgIpc) is 2.08. The molecule has 50 valence electrons. The van der Waals surface area contributed by atoms with Gasteiger partial charge in [-0.05, 0) is 13.3 Å². The number of hydrogen-bond acceptors (Lipinski definition) is 0. The standard InChI is InChI=1S/C9H14/c1-4-8-6-5-7-9(8,2)3/h4-5,7H,6H2,1-3H3/b8-4+. The van der Waals surface area contributed by atoms with E-state index in [1.807, 2.05) is 0 Å². The SMILES string of the molecule is C/C=C1\CC=CC1(C)C. The second-order valence-electron chi connectivity index (χ2n) is 3.14. The summed E-state index contributed by atoms with van der Waals surface area (Å²) in [5.41, 5.74) is 1.89. The van der Waals surface area contributed by atoms with Crippen molar-refractivity contribution in [2.24, 2.45) is 5.41 Å². The molecule has 1 aliphatic carbocycles. The number of allylic oxidation sites excluding steroid dienone is 4. The Hall–Kier alpha value is -0.520. The molecule has 0 bridgehead atoms. The minimum atomic E-state index is 0.342. The molecule has 0 saturated heterocycles. The molecule has 9 heavy (non-hydrogen) atoms. The van der Waals surface area contributed by atoms with E-state index < -0.39 is 0 Å². The fourth-order valence-corrected chi connectivity index (χ4v) is 1.34. The lowest BCUT2D eigenvalue weighted by Crippen LogP contribution is -2.05. The molecule has 0 aromatic heterocycles. The zero-order valence-electron chi connectivity index (χ0n) is 6.44. The van der Waals surface area contributed by atoms with Gasteiger partial charge >= 0.3 is 0 Å². The van der Waals surface area contributed by atoms with Crippen molar-refractivity contribution in [3.8, 4) is 0 Å². The van der Waals surface area contributed by atoms with Crippen LogP contribution in [0.5, 0.6) is 0 Å². The van der Waals surface area contributed by atoms with Crippen molar-refractivity contribution in [2.45, 2.75) is 27.2 Å². The van der Waals surface area contributed by atoms with Crippen LogP contribution in [-0.4, -0.2) is 0 Å². The summed E-state index contributed by atoms with van der Waals surface area (Å²) >= 11 is 0. The largest absolute Gasteiger partial charge is 0.0873 e. The van der Waals surface area contributed by atoms with Crippen LogP contribution in [0.4, 0.5) is 0 Å². The molecule has 0 fully saturated rings. The first-order valence-corrected chi connectivity index (χ1v) is 3.50. The van der Waals surface area contributed by atoms with E-state index in [1.165, 1.54) is 0 Å². The molecule has 0 heterocycles. The second-order valence-corrected chi connectivity index (χ2v) is 3.14. The van der Waals surface area contributed by atoms with Crippen LogP contribution < -0.4 is 0 Å². The zero-order valence-corrected chi connectivity index (χ0v) is 6.44. The van der Waals surface area contributed by atoms with Crippen molar-refractivity contribution in [3.63, 3.8) is 0 Å². The third-order valence-corrected chi connectivity index (χ3v) is 2.05. The minimum Gasteiger partial charge on any atom is -0.0873 e. The summed E-state index contributed by atoms with van der Waals surface area (Å²) in [6, 6.07) is 0. The quantitative estimate of drug-likeness (QED) is 0.433. The van der Waals surface area contributed by atoms with Crippen molar-refractivity contribution in [3.05, 3.63) is 23.8 Å². The first-order valence-electron chi connectivity index (χ1n) is 3.50. The van der Waals surface area contributed by atoms with E-state index in [4.69, 9.17) is 0 Å². The number of rotatable bonds is 0. The van der Waals surface area contributed by atoms with Crippen LogP contribution in [0.3, 0.4) is 0 Å². The highest BCUT2D eigenvalue weighted by Crippen LogP contribution is 2.35. The van der Waals surface area contributed by atoms with E-state index in [0.29, 0.717) is 5.41 Å². The summed E-state index contributed by atoms with van der Waals surface area (Å²) in [7, 11) is 0. The Labute approximate surface area is 57.3 Å². The summed E-state index contributed by atoms with van der Waals surface area (Å²) in [5.74, 6) is 0. The van der Waals surface area contributed by atoms with Gasteiger partial charge in [0, 0.05) is 5.41 Å². The molecule has 0 aromatic carbocycles. The van der Waals surface area contributed by atoms with Gasteiger partial charge in [0.25, 0.3) is 0 Å². The van der Waals surface area contributed by atoms with Gasteiger partial charge in [-0.2, -0.15) is 0 Å². The molecule has 0 aliphatic heterocycles. The molecule has 0 heteroatoms. The zero-order chi connectivity index (χ0) is 6.91. The van der Waals surface area contributed by atoms with Crippen LogP contribution >= 0.6 is 0 Å². The van der Waals surface area contributed by atoms with Crippen molar-refractivity contribution in [1.29, 1.82) is 0 Å². The smallest absolute Gasteiger partial charge is 0.00373 e. The lowest BCUT2D eigenvalue weighted by atomic mass is 9.88. The monoisotopic (exact) mass is 122 g/mol. The van der Waals surface area contributed by atoms with Gasteiger partial charge in [-0.15, -0.1) is 0 Å². The fourth-order valence-electron chi connectivity index (χ4n) is 1.34. The van der Waals surface area contributed by atoms with Gasteiger partial charge in [-0.3, -0.25) is 0 Å². The van der Waals surface area contributed by atoms with Crippen LogP contribution in [0, 0.1) is 5.41 Å². The third-order valence-electron chi connectivity index (χ3n) is 2.05. The molecule has 0 atom stereocenters. The van der Waals surface area contributed by atoms with E-state index >= 15 is 0 Å². The molecule has 1 aliphatic rings. The van der Waals surface area contributed by atoms with E-state index in [2.05, 4.69) is 39.0 Å². The molecular formula is C9H14. The van der Waals surface area contributed by atoms with Gasteiger partial charge < -0.3 is 0 Å². The first-order chi connectivity index (χ1) is 4.17. The van der Waals surface area contributed by atoms with Gasteiger partial charge in [0.05, 0.1) is 0 Å². The van der Waals surface area contributed by atoms with E-state index in [9.17, 15) is 0 Å². The lowest BCUT2D eigenvalue weighted by molar-refractivity contribution is 0.591. The Morgan fingerprint density at radius 1 is 1.56 bits per heavy atom. The van der Waals surface area contributed by atoms with Crippen LogP contribution in [0.25, 0.3) is 0 Å². The lowest BCUT2D eigenvalue weighted by Gasteiger charge is -2.17. The molecule has 1 rings (SSSR count). The van der Waals surface area contributed by atoms with Gasteiger partial charge in [-0.1, -0.05) is 37.6 Å². The summed E-state index contributed by atoms with van der Waals surface area (Å²) in [5, 5.41) is 0. The van der Waals surface area contributed by atoms with Gasteiger partial charge in [0.1, 0.15) is 0 Å². The van der Waals surface area contributed by atoms with Gasteiger partial charge in [0.2, 0.25) is 0 Å². The van der Waals surface area contributed by atoms with Crippen LogP contribution in [0.1, 0.15) is 27.2 Å². The molecule has 0 nitrogen and oxygen atoms in total. The summed E-state index contributed by atoms with van der Waals surface area (Å²) in [4.78, 5) is 0. The highest BCUT2D eigenvalue weighted by molar-refractivity contribution is 5.27. The molecule has 0 saturated carbocycles. The molecule has 0 N–H and O–H groups in total. The Bertz CT molecular complexity index is 159. The Kier molecular flexibility index (Phi) is 1.48. The molecule has 0 aromatic rings. The molecule has 0 unspecified atom stereocenters. The van der Waals surface area contributed by atoms with Crippen molar-refractivity contribution >= 4 is 0 Å². The maximum absolute atomic E-state index is 2.28. The fraction of sp³-hybridized carbons (Fsp3) is 0.556.